The van der Waals surface area contributed by atoms with Crippen LogP contribution in [-0.2, 0) is 4.79 Å². The molecule has 0 radical (unpaired) electrons. The number of hydrogen-bond acceptors (Lipinski definition) is 5. The number of halogens is 1. The molecule has 1 heterocycles. The van der Waals surface area contributed by atoms with Crippen LogP contribution < -0.4 is 9.47 Å². The Morgan fingerprint density at radius 3 is 2.43 bits per heavy atom. The lowest BCUT2D eigenvalue weighted by Gasteiger charge is -2.26. The maximum atomic E-state index is 13.2. The van der Waals surface area contributed by atoms with Gasteiger partial charge in [-0.3, -0.25) is 9.69 Å². The molecule has 0 aromatic heterocycles. The molecule has 7 heteroatoms. The van der Waals surface area contributed by atoms with E-state index in [-0.39, 0.29) is 11.9 Å². The molecule has 2 aromatic rings. The van der Waals surface area contributed by atoms with Crippen LogP contribution in [0.4, 0.5) is 0 Å². The Hall–Kier alpha value is -2.38. The van der Waals surface area contributed by atoms with Crippen molar-refractivity contribution in [2.45, 2.75) is 26.3 Å². The Morgan fingerprint density at radius 1 is 1.13 bits per heavy atom. The molecule has 3 rings (SSSR count). The average Bonchev–Trinajstić information content (AvgIpc) is 3.22. The summed E-state index contributed by atoms with van der Waals surface area (Å²) in [6.07, 6.45) is 0.606. The van der Waals surface area contributed by atoms with Gasteiger partial charge in [-0.15, -0.1) is 0 Å². The molecule has 6 nitrogen and oxygen atoms in total. The summed E-state index contributed by atoms with van der Waals surface area (Å²) in [4.78, 5) is 15.3. The molecule has 1 atom stereocenters. The van der Waals surface area contributed by atoms with Gasteiger partial charge in [-0.05, 0) is 36.9 Å². The molecule has 0 unspecified atom stereocenters. The third kappa shape index (κ3) is 4.68. The number of likely N-dealkylation sites (N-methyl/N-ethyl adjacent to an activating group) is 1. The van der Waals surface area contributed by atoms with Gasteiger partial charge in [0.05, 0.1) is 32.5 Å². The number of nitrogens with zero attached hydrogens (tertiary/aromatic N) is 3. The first kappa shape index (κ1) is 22.3. The second-order valence-corrected chi connectivity index (χ2v) is 7.97. The molecule has 0 N–H and O–H groups in total. The number of carbonyl (C=O) groups excluding carboxylic acids is 1. The topological polar surface area (TPSA) is 54.4 Å². The quantitative estimate of drug-likeness (QED) is 0.566. The molecule has 1 aliphatic heterocycles. The smallest absolute Gasteiger partial charge is 0.257 e. The van der Waals surface area contributed by atoms with Crippen LogP contribution in [0.15, 0.2) is 52.0 Å². The number of hydrazone groups is 1. The fourth-order valence-corrected chi connectivity index (χ4v) is 3.95. The van der Waals surface area contributed by atoms with E-state index in [1.807, 2.05) is 42.5 Å². The molecule has 0 saturated carbocycles. The summed E-state index contributed by atoms with van der Waals surface area (Å²) in [6, 6.07) is 13.5. The molecule has 0 spiro atoms. The highest BCUT2D eigenvalue weighted by Crippen LogP contribution is 2.41. The zero-order chi connectivity index (χ0) is 21.7. The van der Waals surface area contributed by atoms with E-state index < -0.39 is 0 Å². The zero-order valence-electron chi connectivity index (χ0n) is 17.9. The van der Waals surface area contributed by atoms with Gasteiger partial charge in [0.15, 0.2) is 11.5 Å². The SMILES string of the molecule is CCN(CC)CC(=O)N1N=C(c2ccc(Br)cc2)C[C@@H]1c1cccc(OC)c1OC. The highest BCUT2D eigenvalue weighted by molar-refractivity contribution is 9.10. The monoisotopic (exact) mass is 473 g/mol. The maximum absolute atomic E-state index is 13.2. The lowest BCUT2D eigenvalue weighted by Crippen LogP contribution is -2.38. The van der Waals surface area contributed by atoms with E-state index in [0.717, 1.165) is 34.4 Å². The van der Waals surface area contributed by atoms with Gasteiger partial charge in [0.1, 0.15) is 0 Å². The first-order chi connectivity index (χ1) is 14.5. The number of benzene rings is 2. The summed E-state index contributed by atoms with van der Waals surface area (Å²) in [5.74, 6) is 1.25. The molecule has 0 fully saturated rings. The number of carbonyl (C=O) groups is 1. The number of rotatable bonds is 8. The molecule has 1 aliphatic rings. The highest BCUT2D eigenvalue weighted by atomic mass is 79.9. The predicted octanol–water partition coefficient (Wildman–Crippen LogP) is 4.49. The minimum Gasteiger partial charge on any atom is -0.493 e. The van der Waals surface area contributed by atoms with Gasteiger partial charge in [-0.1, -0.05) is 54.0 Å². The number of ether oxygens (including phenoxy) is 2. The van der Waals surface area contributed by atoms with E-state index in [0.29, 0.717) is 24.5 Å². The van der Waals surface area contributed by atoms with Crippen molar-refractivity contribution in [3.05, 3.63) is 58.1 Å². The van der Waals surface area contributed by atoms with Crippen molar-refractivity contribution in [3.63, 3.8) is 0 Å². The summed E-state index contributed by atoms with van der Waals surface area (Å²) >= 11 is 3.48. The van der Waals surface area contributed by atoms with Gasteiger partial charge in [-0.2, -0.15) is 5.10 Å². The molecule has 0 saturated heterocycles. The number of methoxy groups -OCH3 is 2. The first-order valence-electron chi connectivity index (χ1n) is 10.1. The third-order valence-electron chi connectivity index (χ3n) is 5.39. The molecular weight excluding hydrogens is 446 g/mol. The van der Waals surface area contributed by atoms with Gasteiger partial charge in [-0.25, -0.2) is 5.01 Å². The lowest BCUT2D eigenvalue weighted by molar-refractivity contribution is -0.134. The largest absolute Gasteiger partial charge is 0.493 e. The summed E-state index contributed by atoms with van der Waals surface area (Å²) in [6.45, 7) is 6.06. The maximum Gasteiger partial charge on any atom is 0.257 e. The van der Waals surface area contributed by atoms with Crippen LogP contribution in [0.5, 0.6) is 11.5 Å². The van der Waals surface area contributed by atoms with Crippen LogP contribution in [-0.4, -0.2) is 55.4 Å². The van der Waals surface area contributed by atoms with E-state index in [1.165, 1.54) is 0 Å². The van der Waals surface area contributed by atoms with Gasteiger partial charge in [0, 0.05) is 16.5 Å². The van der Waals surface area contributed by atoms with Crippen molar-refractivity contribution in [1.82, 2.24) is 9.91 Å². The van der Waals surface area contributed by atoms with Gasteiger partial charge in [0.25, 0.3) is 5.91 Å². The van der Waals surface area contributed by atoms with E-state index in [2.05, 4.69) is 34.7 Å². The number of hydrogen-bond donors (Lipinski definition) is 0. The van der Waals surface area contributed by atoms with E-state index >= 15 is 0 Å². The fraction of sp³-hybridized carbons (Fsp3) is 0.391. The lowest BCUT2D eigenvalue weighted by atomic mass is 9.97. The summed E-state index contributed by atoms with van der Waals surface area (Å²) < 4.78 is 12.1. The second-order valence-electron chi connectivity index (χ2n) is 7.06. The number of para-hydroxylation sites is 1. The molecule has 0 aliphatic carbocycles. The highest BCUT2D eigenvalue weighted by Gasteiger charge is 2.35. The van der Waals surface area contributed by atoms with Crippen molar-refractivity contribution >= 4 is 27.5 Å². The van der Waals surface area contributed by atoms with Crippen molar-refractivity contribution in [2.75, 3.05) is 33.9 Å². The van der Waals surface area contributed by atoms with E-state index in [9.17, 15) is 4.79 Å². The van der Waals surface area contributed by atoms with Gasteiger partial charge in [0.2, 0.25) is 0 Å². The van der Waals surface area contributed by atoms with Crippen LogP contribution in [0.2, 0.25) is 0 Å². The van der Waals surface area contributed by atoms with Crippen LogP contribution in [0, 0.1) is 0 Å². The molecule has 1 amide bonds. The Morgan fingerprint density at radius 2 is 1.83 bits per heavy atom. The average molecular weight is 474 g/mol. The van der Waals surface area contributed by atoms with Gasteiger partial charge < -0.3 is 9.47 Å². The zero-order valence-corrected chi connectivity index (χ0v) is 19.5. The Bertz CT molecular complexity index is 910. The van der Waals surface area contributed by atoms with E-state index in [4.69, 9.17) is 14.6 Å². The standard InChI is InChI=1S/C23H28BrN3O3/c1-5-26(6-2)15-22(28)27-20(18-8-7-9-21(29-3)23(18)30-4)14-19(25-27)16-10-12-17(24)13-11-16/h7-13,20H,5-6,14-15H2,1-4H3/t20-/m1/s1. The molecule has 2 aromatic carbocycles. The number of amides is 1. The fourth-order valence-electron chi connectivity index (χ4n) is 3.68. The van der Waals surface area contributed by atoms with Crippen molar-refractivity contribution in [3.8, 4) is 11.5 Å². The second kappa shape index (κ2) is 10.1. The van der Waals surface area contributed by atoms with Gasteiger partial charge >= 0.3 is 0 Å². The van der Waals surface area contributed by atoms with Crippen molar-refractivity contribution in [1.29, 1.82) is 0 Å². The molecule has 160 valence electrons. The minimum atomic E-state index is -0.253. The Kier molecular flexibility index (Phi) is 7.50. The van der Waals surface area contributed by atoms with E-state index in [1.54, 1.807) is 19.2 Å². The normalized spacial score (nSPS) is 16.0. The molecule has 0 bridgehead atoms. The summed E-state index contributed by atoms with van der Waals surface area (Å²) in [5, 5.41) is 6.38. The minimum absolute atomic E-state index is 0.0271. The van der Waals surface area contributed by atoms with Crippen LogP contribution in [0.3, 0.4) is 0 Å². The first-order valence-corrected chi connectivity index (χ1v) is 10.9. The third-order valence-corrected chi connectivity index (χ3v) is 5.92. The summed E-state index contributed by atoms with van der Waals surface area (Å²) in [7, 11) is 3.23. The van der Waals surface area contributed by atoms with Crippen molar-refractivity contribution < 1.29 is 14.3 Å². The van der Waals surface area contributed by atoms with Crippen LogP contribution >= 0.6 is 15.9 Å². The van der Waals surface area contributed by atoms with Crippen molar-refractivity contribution in [2.24, 2.45) is 5.10 Å². The van der Waals surface area contributed by atoms with Crippen LogP contribution in [0.1, 0.15) is 37.4 Å². The molecule has 30 heavy (non-hydrogen) atoms. The van der Waals surface area contributed by atoms with Crippen LogP contribution in [0.25, 0.3) is 0 Å². The Labute approximate surface area is 186 Å². The molecular formula is C23H28BrN3O3. The summed E-state index contributed by atoms with van der Waals surface area (Å²) in [5.41, 5.74) is 2.77. The Balaban J connectivity index is 2.00. The predicted molar refractivity (Wildman–Crippen MR) is 122 cm³/mol.